The van der Waals surface area contributed by atoms with E-state index in [1.807, 2.05) is 43.3 Å². The van der Waals surface area contributed by atoms with Crippen LogP contribution in [0, 0.1) is 17.7 Å². The van der Waals surface area contributed by atoms with Crippen molar-refractivity contribution in [2.24, 2.45) is 0 Å². The number of likely N-dealkylation sites (tertiary alicyclic amines) is 1. The van der Waals surface area contributed by atoms with E-state index in [2.05, 4.69) is 26.7 Å². The first kappa shape index (κ1) is 22.0. The Morgan fingerprint density at radius 2 is 1.75 bits per heavy atom. The molecular weight excluding hydrogens is 403 g/mol. The van der Waals surface area contributed by atoms with Crippen molar-refractivity contribution in [2.45, 2.75) is 25.7 Å². The Morgan fingerprint density at radius 1 is 0.969 bits per heavy atom. The van der Waals surface area contributed by atoms with Crippen LogP contribution in [0.25, 0.3) is 11.0 Å². The number of aromatic nitrogens is 2. The van der Waals surface area contributed by atoms with Crippen LogP contribution in [0.2, 0.25) is 0 Å². The van der Waals surface area contributed by atoms with E-state index in [4.69, 9.17) is 4.74 Å². The minimum atomic E-state index is -0.347. The SMILES string of the molecule is CN(C)c1ccc(C#Cc2nc3cc(F)ccc3nc2OCCCN2CCCCC2)cc1. The Bertz CT molecular complexity index is 1110. The standard InChI is InChI=1S/C26H29FN4O/c1-30(2)22-11-7-20(8-12-22)9-13-24-26(29-23-14-10-21(27)19-25(23)28-24)32-18-6-17-31-15-4-3-5-16-31/h7-8,10-12,14,19H,3-6,15-18H2,1-2H3. The second-order valence-corrected chi connectivity index (χ2v) is 8.31. The van der Waals surface area contributed by atoms with Gasteiger partial charge >= 0.3 is 0 Å². The highest BCUT2D eigenvalue weighted by molar-refractivity contribution is 5.75. The summed E-state index contributed by atoms with van der Waals surface area (Å²) >= 11 is 0. The van der Waals surface area contributed by atoms with Crippen molar-refractivity contribution in [3.05, 3.63) is 59.5 Å². The van der Waals surface area contributed by atoms with E-state index in [-0.39, 0.29) is 5.82 Å². The Balaban J connectivity index is 1.52. The molecule has 32 heavy (non-hydrogen) atoms. The van der Waals surface area contributed by atoms with Crippen LogP contribution in [-0.2, 0) is 0 Å². The van der Waals surface area contributed by atoms with Gasteiger partial charge in [0.25, 0.3) is 0 Å². The fourth-order valence-electron chi connectivity index (χ4n) is 3.81. The van der Waals surface area contributed by atoms with E-state index < -0.39 is 0 Å². The van der Waals surface area contributed by atoms with Gasteiger partial charge in [0.1, 0.15) is 5.82 Å². The Kier molecular flexibility index (Phi) is 7.18. The van der Waals surface area contributed by atoms with Gasteiger partial charge in [-0.25, -0.2) is 14.4 Å². The second kappa shape index (κ2) is 10.4. The van der Waals surface area contributed by atoms with Crippen molar-refractivity contribution in [3.8, 4) is 17.7 Å². The van der Waals surface area contributed by atoms with Gasteiger partial charge in [-0.05, 0) is 74.7 Å². The van der Waals surface area contributed by atoms with Gasteiger partial charge in [0.15, 0.2) is 5.69 Å². The first-order chi connectivity index (χ1) is 15.6. The molecule has 0 radical (unpaired) electrons. The molecule has 0 saturated carbocycles. The van der Waals surface area contributed by atoms with E-state index in [0.717, 1.165) is 24.2 Å². The lowest BCUT2D eigenvalue weighted by Crippen LogP contribution is -2.31. The lowest BCUT2D eigenvalue weighted by Gasteiger charge is -2.26. The molecule has 0 amide bonds. The van der Waals surface area contributed by atoms with E-state index in [1.165, 1.54) is 44.5 Å². The number of hydrogen-bond donors (Lipinski definition) is 0. The Morgan fingerprint density at radius 3 is 2.50 bits per heavy atom. The molecule has 1 saturated heterocycles. The monoisotopic (exact) mass is 432 g/mol. The van der Waals surface area contributed by atoms with Gasteiger partial charge in [-0.1, -0.05) is 12.3 Å². The van der Waals surface area contributed by atoms with Crippen molar-refractivity contribution in [3.63, 3.8) is 0 Å². The van der Waals surface area contributed by atoms with E-state index in [1.54, 1.807) is 6.07 Å². The number of ether oxygens (including phenoxy) is 1. The molecule has 4 rings (SSSR count). The molecule has 166 valence electrons. The zero-order chi connectivity index (χ0) is 22.3. The van der Waals surface area contributed by atoms with E-state index in [9.17, 15) is 4.39 Å². The summed E-state index contributed by atoms with van der Waals surface area (Å²) in [6.07, 6.45) is 4.81. The molecule has 3 aromatic rings. The maximum Gasteiger partial charge on any atom is 0.249 e. The van der Waals surface area contributed by atoms with Gasteiger partial charge in [-0.15, -0.1) is 0 Å². The molecule has 5 nitrogen and oxygen atoms in total. The quantitative estimate of drug-likeness (QED) is 0.424. The summed E-state index contributed by atoms with van der Waals surface area (Å²) in [7, 11) is 4.00. The van der Waals surface area contributed by atoms with Gasteiger partial charge in [0.05, 0.1) is 17.6 Å². The summed E-state index contributed by atoms with van der Waals surface area (Å²) < 4.78 is 19.7. The molecule has 0 N–H and O–H groups in total. The van der Waals surface area contributed by atoms with Crippen LogP contribution in [0.5, 0.6) is 5.88 Å². The molecular formula is C26H29FN4O. The largest absolute Gasteiger partial charge is 0.476 e. The number of anilines is 1. The normalized spacial score (nSPS) is 14.1. The molecule has 0 unspecified atom stereocenters. The zero-order valence-electron chi connectivity index (χ0n) is 18.8. The molecule has 1 aromatic heterocycles. The summed E-state index contributed by atoms with van der Waals surface area (Å²) in [6, 6.07) is 12.3. The molecule has 0 atom stereocenters. The summed E-state index contributed by atoms with van der Waals surface area (Å²) in [6.45, 7) is 3.91. The van der Waals surface area contributed by atoms with Gasteiger partial charge in [0.2, 0.25) is 5.88 Å². The smallest absolute Gasteiger partial charge is 0.249 e. The third-order valence-corrected chi connectivity index (χ3v) is 5.61. The number of fused-ring (bicyclic) bond motifs is 1. The number of halogens is 1. The minimum Gasteiger partial charge on any atom is -0.476 e. The Hall–Kier alpha value is -3.17. The molecule has 1 fully saturated rings. The van der Waals surface area contributed by atoms with Crippen molar-refractivity contribution >= 4 is 16.7 Å². The number of rotatable bonds is 6. The molecule has 0 spiro atoms. The lowest BCUT2D eigenvalue weighted by atomic mass is 10.1. The van der Waals surface area contributed by atoms with Crippen molar-refractivity contribution in [2.75, 3.05) is 45.2 Å². The van der Waals surface area contributed by atoms with Gasteiger partial charge in [0, 0.05) is 38.0 Å². The second-order valence-electron chi connectivity index (χ2n) is 8.31. The fourth-order valence-corrected chi connectivity index (χ4v) is 3.81. The molecule has 2 heterocycles. The number of hydrogen-bond acceptors (Lipinski definition) is 5. The molecule has 1 aliphatic rings. The fraction of sp³-hybridized carbons (Fsp3) is 0.385. The van der Waals surface area contributed by atoms with Crippen molar-refractivity contribution < 1.29 is 9.13 Å². The van der Waals surface area contributed by atoms with Crippen LogP contribution in [0.4, 0.5) is 10.1 Å². The zero-order valence-corrected chi connectivity index (χ0v) is 18.8. The van der Waals surface area contributed by atoms with Crippen LogP contribution >= 0.6 is 0 Å². The topological polar surface area (TPSA) is 41.5 Å². The highest BCUT2D eigenvalue weighted by atomic mass is 19.1. The minimum absolute atomic E-state index is 0.347. The van der Waals surface area contributed by atoms with Gasteiger partial charge < -0.3 is 14.5 Å². The average Bonchev–Trinajstić information content (AvgIpc) is 2.81. The molecule has 0 bridgehead atoms. The number of nitrogens with zero attached hydrogens (tertiary/aromatic N) is 4. The van der Waals surface area contributed by atoms with Crippen molar-refractivity contribution in [1.29, 1.82) is 0 Å². The maximum atomic E-state index is 13.7. The van der Waals surface area contributed by atoms with Crippen molar-refractivity contribution in [1.82, 2.24) is 14.9 Å². The summed E-state index contributed by atoms with van der Waals surface area (Å²) in [5.74, 6) is 6.28. The summed E-state index contributed by atoms with van der Waals surface area (Å²) in [5, 5.41) is 0. The van der Waals surface area contributed by atoms with Gasteiger partial charge in [-0.2, -0.15) is 0 Å². The predicted octanol–water partition coefficient (Wildman–Crippen LogP) is 4.49. The first-order valence-corrected chi connectivity index (χ1v) is 11.2. The molecule has 1 aliphatic heterocycles. The van der Waals surface area contributed by atoms with Gasteiger partial charge in [-0.3, -0.25) is 0 Å². The summed E-state index contributed by atoms with van der Waals surface area (Å²) in [4.78, 5) is 13.6. The lowest BCUT2D eigenvalue weighted by molar-refractivity contribution is 0.203. The number of piperidine rings is 1. The van der Waals surface area contributed by atoms with Crippen LogP contribution in [-0.4, -0.2) is 55.2 Å². The molecule has 0 aliphatic carbocycles. The average molecular weight is 433 g/mol. The van der Waals surface area contributed by atoms with Crippen LogP contribution in [0.15, 0.2) is 42.5 Å². The third-order valence-electron chi connectivity index (χ3n) is 5.61. The summed E-state index contributed by atoms with van der Waals surface area (Å²) in [5.41, 5.74) is 3.47. The van der Waals surface area contributed by atoms with Crippen LogP contribution < -0.4 is 9.64 Å². The predicted molar refractivity (Wildman–Crippen MR) is 127 cm³/mol. The highest BCUT2D eigenvalue weighted by Gasteiger charge is 2.12. The van der Waals surface area contributed by atoms with Crippen LogP contribution in [0.3, 0.4) is 0 Å². The van der Waals surface area contributed by atoms with E-state index >= 15 is 0 Å². The molecule has 6 heteroatoms. The van der Waals surface area contributed by atoms with Crippen LogP contribution in [0.1, 0.15) is 36.9 Å². The number of benzene rings is 2. The maximum absolute atomic E-state index is 13.7. The third kappa shape index (κ3) is 5.74. The Labute approximate surface area is 189 Å². The van der Waals surface area contributed by atoms with E-state index in [0.29, 0.717) is 29.2 Å². The molecule has 2 aromatic carbocycles. The highest BCUT2D eigenvalue weighted by Crippen LogP contribution is 2.20. The first-order valence-electron chi connectivity index (χ1n) is 11.2.